The van der Waals surface area contributed by atoms with E-state index in [9.17, 15) is 4.79 Å². The maximum Gasteiger partial charge on any atom is 0.244 e. The van der Waals surface area contributed by atoms with Gasteiger partial charge in [0.05, 0.1) is 5.69 Å². The molecule has 1 N–H and O–H groups in total. The van der Waals surface area contributed by atoms with Gasteiger partial charge in [-0.3, -0.25) is 9.20 Å². The number of hydrogen-bond acceptors (Lipinski definition) is 3. The maximum absolute atomic E-state index is 11.9. The monoisotopic (exact) mass is 345 g/mol. The number of halogens is 1. The third kappa shape index (κ3) is 4.00. The molecule has 3 aromatic rings. The molecule has 3 rings (SSSR count). The minimum absolute atomic E-state index is 0.126. The normalized spacial score (nSPS) is 11.3. The number of nitrogens with one attached hydrogen (secondary N) is 1. The lowest BCUT2D eigenvalue weighted by Gasteiger charge is -2.02. The van der Waals surface area contributed by atoms with E-state index in [1.165, 1.54) is 23.0 Å². The van der Waals surface area contributed by atoms with Gasteiger partial charge in [0.1, 0.15) is 0 Å². The van der Waals surface area contributed by atoms with Crippen molar-refractivity contribution in [2.24, 2.45) is 0 Å². The van der Waals surface area contributed by atoms with Crippen LogP contribution in [0.15, 0.2) is 48.0 Å². The predicted molar refractivity (Wildman–Crippen MR) is 94.9 cm³/mol. The van der Waals surface area contributed by atoms with Crippen LogP contribution < -0.4 is 5.32 Å². The molecule has 1 amide bonds. The van der Waals surface area contributed by atoms with Crippen LogP contribution >= 0.6 is 22.9 Å². The molecule has 0 saturated heterocycles. The van der Waals surface area contributed by atoms with Gasteiger partial charge in [-0.1, -0.05) is 41.9 Å². The van der Waals surface area contributed by atoms with Crippen molar-refractivity contribution in [3.05, 3.63) is 64.4 Å². The van der Waals surface area contributed by atoms with Gasteiger partial charge in [0.15, 0.2) is 10.1 Å². The van der Waals surface area contributed by atoms with Crippen LogP contribution in [0.5, 0.6) is 0 Å². The molecule has 0 spiro atoms. The lowest BCUT2D eigenvalue weighted by molar-refractivity contribution is -0.116. The second-order valence-electron chi connectivity index (χ2n) is 5.06. The Morgan fingerprint density at radius 2 is 2.17 bits per heavy atom. The molecular formula is C17H16ClN3OS. The summed E-state index contributed by atoms with van der Waals surface area (Å²) in [7, 11) is 0. The summed E-state index contributed by atoms with van der Waals surface area (Å²) in [5.41, 5.74) is 2.01. The van der Waals surface area contributed by atoms with Gasteiger partial charge in [-0.2, -0.15) is 0 Å². The second-order valence-corrected chi connectivity index (χ2v) is 6.29. The Morgan fingerprint density at radius 3 is 3.00 bits per heavy atom. The third-order valence-electron chi connectivity index (χ3n) is 3.43. The highest BCUT2D eigenvalue weighted by molar-refractivity contribution is 7.15. The summed E-state index contributed by atoms with van der Waals surface area (Å²) in [5.74, 6) is -0.126. The fourth-order valence-corrected chi connectivity index (χ4v) is 3.29. The molecule has 2 heterocycles. The van der Waals surface area contributed by atoms with Gasteiger partial charge >= 0.3 is 0 Å². The molecule has 4 nitrogen and oxygen atoms in total. The van der Waals surface area contributed by atoms with Crippen molar-refractivity contribution in [2.45, 2.75) is 12.8 Å². The van der Waals surface area contributed by atoms with Crippen molar-refractivity contribution in [1.29, 1.82) is 0 Å². The minimum atomic E-state index is -0.126. The molecular weight excluding hydrogens is 330 g/mol. The van der Waals surface area contributed by atoms with Gasteiger partial charge in [-0.25, -0.2) is 4.98 Å². The van der Waals surface area contributed by atoms with Gasteiger partial charge < -0.3 is 5.32 Å². The van der Waals surface area contributed by atoms with Crippen molar-refractivity contribution < 1.29 is 4.79 Å². The number of carbonyl (C=O) groups excluding carboxylic acids is 1. The summed E-state index contributed by atoms with van der Waals surface area (Å²) >= 11 is 7.58. The van der Waals surface area contributed by atoms with Crippen LogP contribution in [-0.2, 0) is 11.2 Å². The number of aromatic nitrogens is 2. The number of benzene rings is 1. The Bertz CT molecular complexity index is 823. The fourth-order valence-electron chi connectivity index (χ4n) is 2.29. The molecule has 118 valence electrons. The van der Waals surface area contributed by atoms with Crippen molar-refractivity contribution in [2.75, 3.05) is 6.54 Å². The van der Waals surface area contributed by atoms with E-state index in [2.05, 4.69) is 22.4 Å². The molecule has 2 aromatic heterocycles. The van der Waals surface area contributed by atoms with Gasteiger partial charge in [0, 0.05) is 24.2 Å². The van der Waals surface area contributed by atoms with E-state index in [1.54, 1.807) is 6.08 Å². The van der Waals surface area contributed by atoms with Crippen LogP contribution in [-0.4, -0.2) is 21.8 Å². The van der Waals surface area contributed by atoms with Crippen molar-refractivity contribution >= 4 is 39.9 Å². The standard InChI is InChI=1S/C17H16ClN3OS/c18-16-14(21-11-12-23-17(21)20-16)8-9-15(22)19-10-4-7-13-5-2-1-3-6-13/h1-3,5-6,8-9,11-12H,4,7,10H2,(H,19,22)/b9-8+. The van der Waals surface area contributed by atoms with Gasteiger partial charge in [0.2, 0.25) is 5.91 Å². The summed E-state index contributed by atoms with van der Waals surface area (Å²) < 4.78 is 1.87. The molecule has 0 radical (unpaired) electrons. The first-order chi connectivity index (χ1) is 11.2. The highest BCUT2D eigenvalue weighted by Gasteiger charge is 2.08. The molecule has 6 heteroatoms. The molecule has 0 unspecified atom stereocenters. The molecule has 23 heavy (non-hydrogen) atoms. The van der Waals surface area contributed by atoms with Gasteiger partial charge in [0.25, 0.3) is 0 Å². The zero-order chi connectivity index (χ0) is 16.1. The number of imidazole rings is 1. The largest absolute Gasteiger partial charge is 0.353 e. The zero-order valence-corrected chi connectivity index (χ0v) is 14.0. The highest BCUT2D eigenvalue weighted by Crippen LogP contribution is 2.22. The average molecular weight is 346 g/mol. The SMILES string of the molecule is O=C(/C=C/c1c(Cl)nc2sccn12)NCCCc1ccccc1. The quantitative estimate of drug-likeness (QED) is 0.545. The lowest BCUT2D eigenvalue weighted by Crippen LogP contribution is -2.22. The topological polar surface area (TPSA) is 46.4 Å². The van der Waals surface area contributed by atoms with E-state index in [1.807, 2.05) is 34.2 Å². The number of fused-ring (bicyclic) bond motifs is 1. The van der Waals surface area contributed by atoms with Gasteiger partial charge in [-0.15, -0.1) is 11.3 Å². The van der Waals surface area contributed by atoms with Crippen molar-refractivity contribution in [1.82, 2.24) is 14.7 Å². The van der Waals surface area contributed by atoms with E-state index in [0.29, 0.717) is 11.7 Å². The van der Waals surface area contributed by atoms with Crippen molar-refractivity contribution in [3.8, 4) is 0 Å². The van der Waals surface area contributed by atoms with Crippen LogP contribution in [0.4, 0.5) is 0 Å². The molecule has 0 aliphatic carbocycles. The predicted octanol–water partition coefficient (Wildman–Crippen LogP) is 3.81. The number of hydrogen-bond donors (Lipinski definition) is 1. The Balaban J connectivity index is 1.49. The fraction of sp³-hybridized carbons (Fsp3) is 0.176. The Labute approximate surface area is 143 Å². The summed E-state index contributed by atoms with van der Waals surface area (Å²) in [4.78, 5) is 16.9. The van der Waals surface area contributed by atoms with Crippen LogP contribution in [0.3, 0.4) is 0 Å². The Morgan fingerprint density at radius 1 is 1.35 bits per heavy atom. The highest BCUT2D eigenvalue weighted by atomic mass is 35.5. The zero-order valence-electron chi connectivity index (χ0n) is 12.4. The van der Waals surface area contributed by atoms with Crippen LogP contribution in [0.2, 0.25) is 5.15 Å². The minimum Gasteiger partial charge on any atom is -0.353 e. The molecule has 1 aromatic carbocycles. The van der Waals surface area contributed by atoms with Crippen LogP contribution in [0.25, 0.3) is 11.0 Å². The first-order valence-electron chi connectivity index (χ1n) is 7.35. The first kappa shape index (κ1) is 15.8. The summed E-state index contributed by atoms with van der Waals surface area (Å²) in [5, 5.41) is 5.22. The number of rotatable bonds is 6. The van der Waals surface area contributed by atoms with E-state index in [-0.39, 0.29) is 5.91 Å². The Hall–Kier alpha value is -2.11. The molecule has 0 saturated carbocycles. The lowest BCUT2D eigenvalue weighted by atomic mass is 10.1. The number of nitrogens with zero attached hydrogens (tertiary/aromatic N) is 2. The van der Waals surface area contributed by atoms with Gasteiger partial charge in [-0.05, 0) is 24.5 Å². The number of amides is 1. The van der Waals surface area contributed by atoms with E-state index in [0.717, 1.165) is 23.5 Å². The first-order valence-corrected chi connectivity index (χ1v) is 8.60. The number of carbonyl (C=O) groups is 1. The average Bonchev–Trinajstić information content (AvgIpc) is 3.11. The van der Waals surface area contributed by atoms with E-state index >= 15 is 0 Å². The van der Waals surface area contributed by atoms with E-state index < -0.39 is 0 Å². The van der Waals surface area contributed by atoms with Crippen LogP contribution in [0, 0.1) is 0 Å². The molecule has 0 atom stereocenters. The number of thiazole rings is 1. The smallest absolute Gasteiger partial charge is 0.244 e. The van der Waals surface area contributed by atoms with Crippen LogP contribution in [0.1, 0.15) is 17.7 Å². The van der Waals surface area contributed by atoms with E-state index in [4.69, 9.17) is 11.6 Å². The second kappa shape index (κ2) is 7.44. The maximum atomic E-state index is 11.9. The van der Waals surface area contributed by atoms with Crippen molar-refractivity contribution in [3.63, 3.8) is 0 Å². The molecule has 0 fully saturated rings. The third-order valence-corrected chi connectivity index (χ3v) is 4.47. The summed E-state index contributed by atoms with van der Waals surface area (Å²) in [6.45, 7) is 0.645. The molecule has 0 bridgehead atoms. The Kier molecular flexibility index (Phi) is 5.10. The number of aryl methyl sites for hydroxylation is 1. The molecule has 0 aliphatic heterocycles. The summed E-state index contributed by atoms with van der Waals surface area (Å²) in [6.07, 6.45) is 6.94. The molecule has 0 aliphatic rings. The summed E-state index contributed by atoms with van der Waals surface area (Å²) in [6, 6.07) is 10.2.